The Kier molecular flexibility index (Phi) is 1.66. The maximum atomic E-state index is 11.8. The minimum atomic E-state index is -2.50. The number of fused-ring (bicyclic) bond motifs is 1. The monoisotopic (exact) mass is 258 g/mol. The first kappa shape index (κ1) is 6.45. The van der Waals surface area contributed by atoms with Gasteiger partial charge in [-0.05, 0) is 17.7 Å². The number of carbonyl (C=O) groups is 1. The smallest absolute Gasteiger partial charge is 0.255 e. The van der Waals surface area contributed by atoms with Crippen LogP contribution in [0.4, 0.5) is 0 Å². The van der Waals surface area contributed by atoms with Crippen LogP contribution in [0.15, 0.2) is 18.2 Å². The van der Waals surface area contributed by atoms with E-state index in [0.717, 1.165) is 5.56 Å². The van der Waals surface area contributed by atoms with Gasteiger partial charge < -0.3 is 9.64 Å². The minimum Gasteiger partial charge on any atom is -0.497 e. The number of amides is 1. The Morgan fingerprint density at radius 1 is 1.71 bits per heavy atom. The number of methoxy groups -OCH3 is 1. The van der Waals surface area contributed by atoms with Crippen LogP contribution in [0, 0.1) is 0 Å². The van der Waals surface area contributed by atoms with E-state index in [9.17, 15) is 4.79 Å². The first-order chi connectivity index (χ1) is 7.90. The lowest BCUT2D eigenvalue weighted by atomic mass is 10.1. The van der Waals surface area contributed by atoms with Crippen molar-refractivity contribution in [3.8, 4) is 5.75 Å². The van der Waals surface area contributed by atoms with Gasteiger partial charge in [-0.1, -0.05) is 22.0 Å². The molecule has 74 valence electrons. The number of halogens is 1. The fraction of sp³-hybridized carbons (Fsp3) is 0.300. The molecule has 14 heavy (non-hydrogen) atoms. The summed E-state index contributed by atoms with van der Waals surface area (Å²) in [6, 6.07) is 4.76. The summed E-state index contributed by atoms with van der Waals surface area (Å²) in [7, 11) is -2.50. The Hall–Kier alpha value is -1.03. The summed E-state index contributed by atoms with van der Waals surface area (Å²) in [5, 5.41) is 0. The maximum absolute atomic E-state index is 11.8. The molecule has 0 spiro atoms. The molecule has 1 aliphatic rings. The zero-order valence-electron chi connectivity index (χ0n) is 10.3. The number of hydrogen-bond donors (Lipinski definition) is 0. The fourth-order valence-corrected chi connectivity index (χ4v) is 1.91. The van der Waals surface area contributed by atoms with Crippen LogP contribution < -0.4 is 4.74 Å². The lowest BCUT2D eigenvalue weighted by molar-refractivity contribution is 0.0809. The first-order valence-corrected chi connectivity index (χ1v) is 5.20. The standard InChI is InChI=1S/C10H10BrNO2/c1-14-8-3-2-7-5-12(6-11)10(13)9(7)4-8/h2-4H,5-6H2,1H3/i1D3. The third-order valence-corrected chi connectivity index (χ3v) is 2.83. The van der Waals surface area contributed by atoms with Crippen molar-refractivity contribution in [3.05, 3.63) is 29.3 Å². The van der Waals surface area contributed by atoms with Crippen LogP contribution in [0.25, 0.3) is 0 Å². The number of alkyl halides is 1. The molecule has 0 bridgehead atoms. The molecule has 2 rings (SSSR count). The number of carbonyl (C=O) groups excluding carboxylic acids is 1. The lowest BCUT2D eigenvalue weighted by Crippen LogP contribution is -2.21. The Morgan fingerprint density at radius 2 is 2.57 bits per heavy atom. The summed E-state index contributed by atoms with van der Waals surface area (Å²) < 4.78 is 25.8. The maximum Gasteiger partial charge on any atom is 0.255 e. The van der Waals surface area contributed by atoms with Crippen LogP contribution in [-0.4, -0.2) is 23.3 Å². The van der Waals surface area contributed by atoms with E-state index >= 15 is 0 Å². The van der Waals surface area contributed by atoms with Gasteiger partial charge in [0.15, 0.2) is 0 Å². The molecule has 0 saturated carbocycles. The zero-order chi connectivity index (χ0) is 12.6. The van der Waals surface area contributed by atoms with E-state index in [2.05, 4.69) is 15.9 Å². The van der Waals surface area contributed by atoms with Crippen molar-refractivity contribution in [3.63, 3.8) is 0 Å². The molecular formula is C10H10BrNO2. The molecule has 1 aromatic carbocycles. The van der Waals surface area contributed by atoms with Gasteiger partial charge in [-0.15, -0.1) is 0 Å². The lowest BCUT2D eigenvalue weighted by Gasteiger charge is -2.09. The SMILES string of the molecule is [2H]C([2H])([2H])Oc1ccc2c(c1)C(=O)N(CBr)C2. The first-order valence-electron chi connectivity index (χ1n) is 5.58. The van der Waals surface area contributed by atoms with Gasteiger partial charge in [0.2, 0.25) is 0 Å². The van der Waals surface area contributed by atoms with E-state index in [0.29, 0.717) is 17.6 Å². The fourth-order valence-electron chi connectivity index (χ4n) is 1.50. The molecule has 1 aromatic rings. The highest BCUT2D eigenvalue weighted by molar-refractivity contribution is 9.09. The van der Waals surface area contributed by atoms with Crippen molar-refractivity contribution in [1.29, 1.82) is 0 Å². The second-order valence-corrected chi connectivity index (χ2v) is 3.55. The number of ether oxygens (including phenoxy) is 1. The summed E-state index contributed by atoms with van der Waals surface area (Å²) in [5.41, 5.74) is 1.84. The average Bonchev–Trinajstić information content (AvgIpc) is 2.53. The van der Waals surface area contributed by atoms with Crippen LogP contribution in [0.5, 0.6) is 5.75 Å². The summed E-state index contributed by atoms with van der Waals surface area (Å²) >= 11 is 3.23. The summed E-state index contributed by atoms with van der Waals surface area (Å²) in [6.07, 6.45) is 0. The predicted molar refractivity (Wildman–Crippen MR) is 56.7 cm³/mol. The van der Waals surface area contributed by atoms with Gasteiger partial charge in [-0.3, -0.25) is 4.79 Å². The Morgan fingerprint density at radius 3 is 3.29 bits per heavy atom. The number of rotatable bonds is 2. The largest absolute Gasteiger partial charge is 0.497 e. The van der Waals surface area contributed by atoms with Crippen molar-refractivity contribution in [1.82, 2.24) is 4.90 Å². The third kappa shape index (κ3) is 1.39. The summed E-state index contributed by atoms with van der Waals surface area (Å²) in [6.45, 7) is 0.535. The molecule has 0 aromatic heterocycles. The van der Waals surface area contributed by atoms with E-state index in [-0.39, 0.29) is 11.7 Å². The molecule has 0 radical (unpaired) electrons. The van der Waals surface area contributed by atoms with Crippen LogP contribution in [0.1, 0.15) is 20.0 Å². The molecule has 0 atom stereocenters. The van der Waals surface area contributed by atoms with Gasteiger partial charge in [-0.2, -0.15) is 0 Å². The van der Waals surface area contributed by atoms with Crippen molar-refractivity contribution in [2.24, 2.45) is 0 Å². The quantitative estimate of drug-likeness (QED) is 0.600. The normalized spacial score (nSPS) is 18.5. The van der Waals surface area contributed by atoms with Gasteiger partial charge in [0.25, 0.3) is 5.91 Å². The van der Waals surface area contributed by atoms with Crippen LogP contribution in [0.3, 0.4) is 0 Å². The highest BCUT2D eigenvalue weighted by Gasteiger charge is 2.26. The van der Waals surface area contributed by atoms with E-state index in [4.69, 9.17) is 8.85 Å². The van der Waals surface area contributed by atoms with Gasteiger partial charge in [0, 0.05) is 12.1 Å². The second kappa shape index (κ2) is 3.61. The molecule has 0 N–H and O–H groups in total. The van der Waals surface area contributed by atoms with E-state index in [1.165, 1.54) is 6.07 Å². The summed E-state index contributed by atoms with van der Waals surface area (Å²) in [4.78, 5) is 13.5. The van der Waals surface area contributed by atoms with E-state index < -0.39 is 7.04 Å². The van der Waals surface area contributed by atoms with Gasteiger partial charge in [-0.25, -0.2) is 0 Å². The minimum absolute atomic E-state index is 0.118. The highest BCUT2D eigenvalue weighted by atomic mass is 79.9. The van der Waals surface area contributed by atoms with Crippen molar-refractivity contribution in [2.45, 2.75) is 6.54 Å². The zero-order valence-corrected chi connectivity index (χ0v) is 8.87. The molecule has 0 unspecified atom stereocenters. The molecular weight excluding hydrogens is 246 g/mol. The number of hydrogen-bond acceptors (Lipinski definition) is 2. The molecule has 0 saturated heterocycles. The Labute approximate surface area is 95.0 Å². The van der Waals surface area contributed by atoms with Crippen molar-refractivity contribution >= 4 is 21.8 Å². The molecule has 1 aliphatic heterocycles. The summed E-state index contributed by atoms with van der Waals surface area (Å²) in [5.74, 6) is 0.0707. The molecule has 0 fully saturated rings. The molecule has 4 heteroatoms. The Bertz CT molecular complexity index is 461. The van der Waals surface area contributed by atoms with Crippen LogP contribution in [0.2, 0.25) is 0 Å². The van der Waals surface area contributed by atoms with Crippen molar-refractivity contribution in [2.75, 3.05) is 12.5 Å². The topological polar surface area (TPSA) is 29.5 Å². The molecule has 1 heterocycles. The van der Waals surface area contributed by atoms with Crippen LogP contribution in [-0.2, 0) is 6.54 Å². The van der Waals surface area contributed by atoms with Gasteiger partial charge in [0.05, 0.1) is 16.6 Å². The Balaban J connectivity index is 2.28. The molecule has 0 aliphatic carbocycles. The second-order valence-electron chi connectivity index (χ2n) is 3.04. The number of benzene rings is 1. The van der Waals surface area contributed by atoms with Crippen molar-refractivity contribution < 1.29 is 13.6 Å². The highest BCUT2D eigenvalue weighted by Crippen LogP contribution is 2.26. The van der Waals surface area contributed by atoms with Gasteiger partial charge >= 0.3 is 0 Å². The molecule has 1 amide bonds. The van der Waals surface area contributed by atoms with Gasteiger partial charge in [0.1, 0.15) is 5.75 Å². The predicted octanol–water partition coefficient (Wildman–Crippen LogP) is 2.00. The third-order valence-electron chi connectivity index (χ3n) is 2.22. The molecule has 3 nitrogen and oxygen atoms in total. The van der Waals surface area contributed by atoms with E-state index in [1.54, 1.807) is 17.0 Å². The van der Waals surface area contributed by atoms with E-state index in [1.807, 2.05) is 0 Å². The van der Waals surface area contributed by atoms with Crippen LogP contribution >= 0.6 is 15.9 Å². The number of nitrogens with zero attached hydrogens (tertiary/aromatic N) is 1. The average molecular weight is 259 g/mol.